The van der Waals surface area contributed by atoms with Crippen molar-refractivity contribution in [1.29, 1.82) is 0 Å². The average Bonchev–Trinajstić information content (AvgIpc) is 2.99. The molecule has 0 bridgehead atoms. The number of hydrogen-bond donors (Lipinski definition) is 2. The molecular weight excluding hydrogens is 332 g/mol. The van der Waals surface area contributed by atoms with Crippen molar-refractivity contribution < 1.29 is 14.8 Å². The Bertz CT molecular complexity index is 925. The van der Waals surface area contributed by atoms with Crippen molar-refractivity contribution in [1.82, 2.24) is 9.97 Å². The molecule has 2 aromatic heterocycles. The molecule has 2 heterocycles. The van der Waals surface area contributed by atoms with Crippen LogP contribution in [0.2, 0.25) is 0 Å². The molecule has 0 saturated carbocycles. The third kappa shape index (κ3) is 3.15. The number of thiophene rings is 1. The van der Waals surface area contributed by atoms with E-state index in [2.05, 4.69) is 15.3 Å². The second-order valence-corrected chi connectivity index (χ2v) is 5.79. The number of aliphatic carboxylic acids is 1. The first-order chi connectivity index (χ1) is 11.6. The van der Waals surface area contributed by atoms with Crippen LogP contribution in [-0.2, 0) is 4.79 Å². The maximum absolute atomic E-state index is 11.0. The summed E-state index contributed by atoms with van der Waals surface area (Å²) >= 11 is 1.40. The molecule has 3 rings (SSSR count). The normalized spacial score (nSPS) is 10.7. The number of non-ortho nitro benzene ring substituents is 1. The number of nitrogens with zero attached hydrogens (tertiary/aromatic N) is 3. The summed E-state index contributed by atoms with van der Waals surface area (Å²) in [5.41, 5.74) is 1.47. The van der Waals surface area contributed by atoms with E-state index in [1.54, 1.807) is 12.1 Å². The highest BCUT2D eigenvalue weighted by Crippen LogP contribution is 2.37. The van der Waals surface area contributed by atoms with Crippen molar-refractivity contribution in [3.8, 4) is 11.1 Å². The van der Waals surface area contributed by atoms with Crippen LogP contribution < -0.4 is 5.32 Å². The lowest BCUT2D eigenvalue weighted by atomic mass is 10.1. The van der Waals surface area contributed by atoms with Crippen LogP contribution in [0.4, 0.5) is 11.5 Å². The van der Waals surface area contributed by atoms with Crippen LogP contribution in [0.15, 0.2) is 36.0 Å². The van der Waals surface area contributed by atoms with E-state index < -0.39 is 10.9 Å². The maximum Gasteiger partial charge on any atom is 0.305 e. The van der Waals surface area contributed by atoms with Gasteiger partial charge in [0, 0.05) is 29.6 Å². The van der Waals surface area contributed by atoms with Gasteiger partial charge in [0.25, 0.3) is 5.69 Å². The average molecular weight is 344 g/mol. The van der Waals surface area contributed by atoms with Crippen LogP contribution in [0, 0.1) is 10.1 Å². The smallest absolute Gasteiger partial charge is 0.305 e. The predicted octanol–water partition coefficient (Wildman–Crippen LogP) is 3.15. The van der Waals surface area contributed by atoms with Gasteiger partial charge in [0.2, 0.25) is 0 Å². The van der Waals surface area contributed by atoms with E-state index in [9.17, 15) is 14.9 Å². The standard InChI is InChI=1S/C15H12N4O4S/c20-12(21)4-5-16-14-13-11(7-24-15(13)18-8-17-14)9-2-1-3-10(6-9)19(22)23/h1-3,6-8H,4-5H2,(H,20,21)(H,16,17,18). The van der Waals surface area contributed by atoms with Crippen LogP contribution >= 0.6 is 11.3 Å². The highest BCUT2D eigenvalue weighted by Gasteiger charge is 2.15. The van der Waals surface area contributed by atoms with Crippen LogP contribution in [0.25, 0.3) is 21.3 Å². The van der Waals surface area contributed by atoms with E-state index in [1.165, 1.54) is 29.8 Å². The number of fused-ring (bicyclic) bond motifs is 1. The Labute approximate surface area is 140 Å². The molecule has 0 unspecified atom stereocenters. The summed E-state index contributed by atoms with van der Waals surface area (Å²) in [5, 5.41) is 25.3. The fraction of sp³-hybridized carbons (Fsp3) is 0.133. The van der Waals surface area contributed by atoms with Crippen molar-refractivity contribution >= 4 is 39.0 Å². The minimum atomic E-state index is -0.906. The number of nitro benzene ring substituents is 1. The molecule has 3 aromatic rings. The molecule has 0 fully saturated rings. The Kier molecular flexibility index (Phi) is 4.34. The second kappa shape index (κ2) is 6.59. The number of hydrogen-bond acceptors (Lipinski definition) is 7. The molecule has 0 aliphatic heterocycles. The zero-order valence-electron chi connectivity index (χ0n) is 12.3. The molecule has 0 spiro atoms. The summed E-state index contributed by atoms with van der Waals surface area (Å²) < 4.78 is 0. The Morgan fingerprint density at radius 3 is 2.96 bits per heavy atom. The number of nitrogens with one attached hydrogen (secondary N) is 1. The Balaban J connectivity index is 2.04. The number of anilines is 1. The van der Waals surface area contributed by atoms with Crippen molar-refractivity contribution in [3.05, 3.63) is 46.1 Å². The number of rotatable bonds is 6. The highest BCUT2D eigenvalue weighted by molar-refractivity contribution is 7.17. The molecule has 0 radical (unpaired) electrons. The first kappa shape index (κ1) is 15.8. The van der Waals surface area contributed by atoms with Crippen LogP contribution in [0.1, 0.15) is 6.42 Å². The summed E-state index contributed by atoms with van der Waals surface area (Å²) in [7, 11) is 0. The van der Waals surface area contributed by atoms with E-state index in [-0.39, 0.29) is 18.7 Å². The SMILES string of the molecule is O=C(O)CCNc1ncnc2scc(-c3cccc([N+](=O)[O-])c3)c12. The number of carboxylic acids is 1. The number of aromatic nitrogens is 2. The van der Waals surface area contributed by atoms with E-state index >= 15 is 0 Å². The van der Waals surface area contributed by atoms with Gasteiger partial charge in [-0.2, -0.15) is 0 Å². The van der Waals surface area contributed by atoms with Gasteiger partial charge in [-0.15, -0.1) is 11.3 Å². The monoisotopic (exact) mass is 344 g/mol. The Hall–Kier alpha value is -3.07. The Morgan fingerprint density at radius 1 is 1.38 bits per heavy atom. The quantitative estimate of drug-likeness (QED) is 0.521. The fourth-order valence-corrected chi connectivity index (χ4v) is 3.21. The van der Waals surface area contributed by atoms with Gasteiger partial charge in [0.1, 0.15) is 17.0 Å². The number of carbonyl (C=O) groups is 1. The molecule has 24 heavy (non-hydrogen) atoms. The third-order valence-electron chi connectivity index (χ3n) is 3.37. The molecule has 0 aliphatic carbocycles. The number of nitro groups is 1. The van der Waals surface area contributed by atoms with Gasteiger partial charge in [-0.25, -0.2) is 9.97 Å². The van der Waals surface area contributed by atoms with Crippen molar-refractivity contribution in [2.75, 3.05) is 11.9 Å². The van der Waals surface area contributed by atoms with Gasteiger partial charge in [-0.1, -0.05) is 12.1 Å². The lowest BCUT2D eigenvalue weighted by Gasteiger charge is -2.07. The molecular formula is C15H12N4O4S. The molecule has 2 N–H and O–H groups in total. The van der Waals surface area contributed by atoms with E-state index in [4.69, 9.17) is 5.11 Å². The second-order valence-electron chi connectivity index (χ2n) is 4.93. The molecule has 1 aromatic carbocycles. The molecule has 0 amide bonds. The fourth-order valence-electron chi connectivity index (χ4n) is 2.30. The lowest BCUT2D eigenvalue weighted by Crippen LogP contribution is -2.09. The van der Waals surface area contributed by atoms with Gasteiger partial charge in [0.15, 0.2) is 0 Å². The van der Waals surface area contributed by atoms with Gasteiger partial charge < -0.3 is 10.4 Å². The summed E-state index contributed by atoms with van der Waals surface area (Å²) in [5.74, 6) is -0.388. The topological polar surface area (TPSA) is 118 Å². The molecule has 8 nitrogen and oxygen atoms in total. The summed E-state index contributed by atoms with van der Waals surface area (Å²) in [6.07, 6.45) is 1.36. The Morgan fingerprint density at radius 2 is 2.21 bits per heavy atom. The minimum Gasteiger partial charge on any atom is -0.481 e. The van der Waals surface area contributed by atoms with Gasteiger partial charge in [-0.05, 0) is 5.56 Å². The molecule has 0 aliphatic rings. The van der Waals surface area contributed by atoms with Crippen LogP contribution in [-0.4, -0.2) is 32.5 Å². The van der Waals surface area contributed by atoms with Gasteiger partial charge >= 0.3 is 5.97 Å². The first-order valence-electron chi connectivity index (χ1n) is 6.99. The predicted molar refractivity (Wildman–Crippen MR) is 90.2 cm³/mol. The molecule has 122 valence electrons. The summed E-state index contributed by atoms with van der Waals surface area (Å²) in [4.78, 5) is 30.3. The zero-order valence-corrected chi connectivity index (χ0v) is 13.1. The molecule has 0 saturated heterocycles. The number of carboxylic acid groups (broad SMARTS) is 1. The minimum absolute atomic E-state index is 0.00378. The lowest BCUT2D eigenvalue weighted by molar-refractivity contribution is -0.384. The van der Waals surface area contributed by atoms with E-state index in [1.807, 2.05) is 5.38 Å². The zero-order chi connectivity index (χ0) is 17.1. The van der Waals surface area contributed by atoms with Gasteiger partial charge in [0.05, 0.1) is 16.7 Å². The summed E-state index contributed by atoms with van der Waals surface area (Å²) in [6.45, 7) is 0.228. The molecule has 0 atom stereocenters. The van der Waals surface area contributed by atoms with Crippen molar-refractivity contribution in [3.63, 3.8) is 0 Å². The third-order valence-corrected chi connectivity index (χ3v) is 4.26. The van der Waals surface area contributed by atoms with Crippen LogP contribution in [0.5, 0.6) is 0 Å². The van der Waals surface area contributed by atoms with Crippen LogP contribution in [0.3, 0.4) is 0 Å². The molecule has 9 heteroatoms. The summed E-state index contributed by atoms with van der Waals surface area (Å²) in [6, 6.07) is 6.33. The van der Waals surface area contributed by atoms with E-state index in [0.717, 1.165) is 15.8 Å². The van der Waals surface area contributed by atoms with Crippen molar-refractivity contribution in [2.24, 2.45) is 0 Å². The van der Waals surface area contributed by atoms with E-state index in [0.29, 0.717) is 11.4 Å². The van der Waals surface area contributed by atoms with Crippen molar-refractivity contribution in [2.45, 2.75) is 6.42 Å². The first-order valence-corrected chi connectivity index (χ1v) is 7.87. The maximum atomic E-state index is 11.0. The largest absolute Gasteiger partial charge is 0.481 e. The number of benzene rings is 1. The highest BCUT2D eigenvalue weighted by atomic mass is 32.1. The van der Waals surface area contributed by atoms with Gasteiger partial charge in [-0.3, -0.25) is 14.9 Å².